The van der Waals surface area contributed by atoms with Crippen molar-refractivity contribution in [3.8, 4) is 0 Å². The molecule has 1 aromatic carbocycles. The Morgan fingerprint density at radius 2 is 1.91 bits per heavy atom. The summed E-state index contributed by atoms with van der Waals surface area (Å²) in [6, 6.07) is 10.8. The number of hydrogen-bond donors (Lipinski definition) is 0. The lowest BCUT2D eigenvalue weighted by atomic mass is 10.2. The van der Waals surface area contributed by atoms with Crippen LogP contribution >= 0.6 is 11.3 Å². The van der Waals surface area contributed by atoms with E-state index in [-0.39, 0.29) is 5.91 Å². The number of aryl methyl sites for hydroxylation is 3. The second kappa shape index (κ2) is 6.00. The van der Waals surface area contributed by atoms with E-state index in [0.717, 1.165) is 43.9 Å². The van der Waals surface area contributed by atoms with E-state index in [9.17, 15) is 4.79 Å². The van der Waals surface area contributed by atoms with Gasteiger partial charge in [0.2, 0.25) is 0 Å². The number of hydrogen-bond acceptors (Lipinski definition) is 3. The number of anilines is 1. The van der Waals surface area contributed by atoms with Crippen LogP contribution in [0.15, 0.2) is 30.3 Å². The van der Waals surface area contributed by atoms with Gasteiger partial charge in [-0.05, 0) is 55.5 Å². The van der Waals surface area contributed by atoms with Crippen LogP contribution < -0.4 is 4.90 Å². The lowest BCUT2D eigenvalue weighted by Gasteiger charge is -2.36. The van der Waals surface area contributed by atoms with Crippen LogP contribution in [0.5, 0.6) is 0 Å². The van der Waals surface area contributed by atoms with E-state index in [1.54, 1.807) is 11.3 Å². The molecule has 3 nitrogen and oxygen atoms in total. The quantitative estimate of drug-likeness (QED) is 0.843. The second-order valence-electron chi connectivity index (χ2n) is 6.53. The van der Waals surface area contributed by atoms with Crippen LogP contribution in [0.2, 0.25) is 0 Å². The summed E-state index contributed by atoms with van der Waals surface area (Å²) in [5.74, 6) is 0.230. The number of carbonyl (C=O) groups is 1. The Hall–Kier alpha value is -1.81. The van der Waals surface area contributed by atoms with E-state index >= 15 is 0 Å². The largest absolute Gasteiger partial charge is 0.368 e. The van der Waals surface area contributed by atoms with Gasteiger partial charge in [0.25, 0.3) is 5.91 Å². The summed E-state index contributed by atoms with van der Waals surface area (Å²) in [5, 5.41) is 0. The lowest BCUT2D eigenvalue weighted by molar-refractivity contribution is 0.0751. The number of nitrogens with zero attached hydrogens (tertiary/aromatic N) is 2. The number of amides is 1. The van der Waals surface area contributed by atoms with Gasteiger partial charge in [-0.3, -0.25) is 4.79 Å². The van der Waals surface area contributed by atoms with Crippen LogP contribution in [-0.2, 0) is 12.8 Å². The van der Waals surface area contributed by atoms with Crippen LogP contribution in [0.3, 0.4) is 0 Å². The van der Waals surface area contributed by atoms with Crippen molar-refractivity contribution < 1.29 is 4.79 Å². The fraction of sp³-hybridized carbons (Fsp3) is 0.421. The van der Waals surface area contributed by atoms with Crippen molar-refractivity contribution in [3.05, 3.63) is 51.2 Å². The SMILES string of the molecule is Cc1cccc(N2CCN(C(=O)c3cc4c(s3)CCC4)CC2)c1. The molecule has 1 amide bonds. The Kier molecular flexibility index (Phi) is 3.85. The molecule has 0 atom stereocenters. The van der Waals surface area contributed by atoms with Crippen molar-refractivity contribution in [2.24, 2.45) is 0 Å². The summed E-state index contributed by atoms with van der Waals surface area (Å²) >= 11 is 1.72. The van der Waals surface area contributed by atoms with E-state index in [1.165, 1.54) is 28.1 Å². The standard InChI is InChI=1S/C19H22N2OS/c1-14-4-2-6-16(12-14)20-8-10-21(11-9-20)19(22)18-13-15-5-3-7-17(15)23-18/h2,4,6,12-13H,3,5,7-11H2,1H3. The van der Waals surface area contributed by atoms with E-state index < -0.39 is 0 Å². The number of thiophene rings is 1. The minimum atomic E-state index is 0.230. The Morgan fingerprint density at radius 1 is 1.09 bits per heavy atom. The average molecular weight is 326 g/mol. The third-order valence-electron chi connectivity index (χ3n) is 4.89. The first-order chi connectivity index (χ1) is 11.2. The second-order valence-corrected chi connectivity index (χ2v) is 7.67. The molecule has 1 saturated heterocycles. The normalized spacial score (nSPS) is 17.4. The van der Waals surface area contributed by atoms with Crippen molar-refractivity contribution in [1.29, 1.82) is 0 Å². The van der Waals surface area contributed by atoms with Crippen LogP contribution in [0.1, 0.15) is 32.1 Å². The smallest absolute Gasteiger partial charge is 0.264 e. The molecule has 0 N–H and O–H groups in total. The molecule has 1 aliphatic carbocycles. The average Bonchev–Trinajstić information content (AvgIpc) is 3.16. The third kappa shape index (κ3) is 2.88. The van der Waals surface area contributed by atoms with Crippen LogP contribution in [-0.4, -0.2) is 37.0 Å². The predicted octanol–water partition coefficient (Wildman–Crippen LogP) is 3.51. The van der Waals surface area contributed by atoms with Crippen LogP contribution in [0.4, 0.5) is 5.69 Å². The van der Waals surface area contributed by atoms with Crippen molar-refractivity contribution >= 4 is 22.9 Å². The number of carbonyl (C=O) groups excluding carboxylic acids is 1. The van der Waals surface area contributed by atoms with E-state index in [4.69, 9.17) is 0 Å². The summed E-state index contributed by atoms with van der Waals surface area (Å²) in [4.78, 5) is 19.5. The van der Waals surface area contributed by atoms with Gasteiger partial charge >= 0.3 is 0 Å². The van der Waals surface area contributed by atoms with Gasteiger partial charge in [0.1, 0.15) is 0 Å². The maximum absolute atomic E-state index is 12.7. The van der Waals surface area contributed by atoms with E-state index in [0.29, 0.717) is 0 Å². The number of fused-ring (bicyclic) bond motifs is 1. The molecule has 23 heavy (non-hydrogen) atoms. The first-order valence-corrected chi connectivity index (χ1v) is 9.25. The van der Waals surface area contributed by atoms with Crippen LogP contribution in [0.25, 0.3) is 0 Å². The summed E-state index contributed by atoms with van der Waals surface area (Å²) in [6.45, 7) is 5.59. The maximum Gasteiger partial charge on any atom is 0.264 e. The molecule has 120 valence electrons. The first kappa shape index (κ1) is 14.8. The topological polar surface area (TPSA) is 23.6 Å². The zero-order valence-corrected chi connectivity index (χ0v) is 14.4. The monoisotopic (exact) mass is 326 g/mol. The Morgan fingerprint density at radius 3 is 2.65 bits per heavy atom. The molecule has 0 radical (unpaired) electrons. The minimum absolute atomic E-state index is 0.230. The Labute approximate surface area is 141 Å². The van der Waals surface area contributed by atoms with Gasteiger partial charge in [-0.1, -0.05) is 12.1 Å². The number of benzene rings is 1. The molecule has 2 aliphatic rings. The molecule has 0 spiro atoms. The van der Waals surface area contributed by atoms with E-state index in [1.807, 2.05) is 4.90 Å². The molecule has 0 unspecified atom stereocenters. The Bertz CT molecular complexity index is 707. The van der Waals surface area contributed by atoms with Gasteiger partial charge in [0.05, 0.1) is 4.88 Å². The first-order valence-electron chi connectivity index (χ1n) is 8.43. The van der Waals surface area contributed by atoms with Crippen molar-refractivity contribution in [2.45, 2.75) is 26.2 Å². The highest BCUT2D eigenvalue weighted by Crippen LogP contribution is 2.31. The minimum Gasteiger partial charge on any atom is -0.368 e. The predicted molar refractivity (Wildman–Crippen MR) is 95.6 cm³/mol. The third-order valence-corrected chi connectivity index (χ3v) is 6.12. The Balaban J connectivity index is 1.41. The fourth-order valence-electron chi connectivity index (χ4n) is 3.58. The van der Waals surface area contributed by atoms with Gasteiger partial charge in [-0.15, -0.1) is 11.3 Å². The molecule has 4 rings (SSSR count). The summed E-state index contributed by atoms with van der Waals surface area (Å²) < 4.78 is 0. The molecular weight excluding hydrogens is 304 g/mol. The lowest BCUT2D eigenvalue weighted by Crippen LogP contribution is -2.48. The number of rotatable bonds is 2. The summed E-state index contributed by atoms with van der Waals surface area (Å²) in [5.41, 5.74) is 3.97. The highest BCUT2D eigenvalue weighted by Gasteiger charge is 2.25. The van der Waals surface area contributed by atoms with Crippen molar-refractivity contribution in [1.82, 2.24) is 4.90 Å². The molecular formula is C19H22N2OS. The van der Waals surface area contributed by atoms with Crippen molar-refractivity contribution in [3.63, 3.8) is 0 Å². The molecule has 2 heterocycles. The van der Waals surface area contributed by atoms with E-state index in [2.05, 4.69) is 42.2 Å². The van der Waals surface area contributed by atoms with Crippen LogP contribution in [0, 0.1) is 6.92 Å². The van der Waals surface area contributed by atoms with Gasteiger partial charge in [0, 0.05) is 36.7 Å². The molecule has 1 aromatic heterocycles. The zero-order valence-electron chi connectivity index (χ0n) is 13.5. The molecule has 2 aromatic rings. The number of piperazine rings is 1. The molecule has 4 heteroatoms. The van der Waals surface area contributed by atoms with Gasteiger partial charge in [-0.2, -0.15) is 0 Å². The molecule has 0 bridgehead atoms. The molecule has 0 saturated carbocycles. The summed E-state index contributed by atoms with van der Waals surface area (Å²) in [7, 11) is 0. The zero-order chi connectivity index (χ0) is 15.8. The molecule has 1 aliphatic heterocycles. The molecule has 1 fully saturated rings. The van der Waals surface area contributed by atoms with Crippen molar-refractivity contribution in [2.75, 3.05) is 31.1 Å². The van der Waals surface area contributed by atoms with Gasteiger partial charge in [-0.25, -0.2) is 0 Å². The fourth-order valence-corrected chi connectivity index (χ4v) is 4.80. The van der Waals surface area contributed by atoms with Gasteiger partial charge in [0.15, 0.2) is 0 Å². The maximum atomic E-state index is 12.7. The highest BCUT2D eigenvalue weighted by molar-refractivity contribution is 7.14. The summed E-state index contributed by atoms with van der Waals surface area (Å²) in [6.07, 6.45) is 3.57. The van der Waals surface area contributed by atoms with Gasteiger partial charge < -0.3 is 9.80 Å². The highest BCUT2D eigenvalue weighted by atomic mass is 32.1.